The summed E-state index contributed by atoms with van der Waals surface area (Å²) in [6.45, 7) is 2.87. The molecule has 0 aliphatic heterocycles. The third kappa shape index (κ3) is 2.94. The summed E-state index contributed by atoms with van der Waals surface area (Å²) >= 11 is 0. The van der Waals surface area contributed by atoms with Gasteiger partial charge < -0.3 is 10.7 Å². The van der Waals surface area contributed by atoms with Crippen LogP contribution in [0.3, 0.4) is 0 Å². The first-order chi connectivity index (χ1) is 8.31. The molecule has 17 heavy (non-hydrogen) atoms. The predicted octanol–water partition coefficient (Wildman–Crippen LogP) is 2.67. The Balaban J connectivity index is 2.10. The number of aryl methyl sites for hydroxylation is 2. The van der Waals surface area contributed by atoms with E-state index in [4.69, 9.17) is 5.73 Å². The Morgan fingerprint density at radius 3 is 2.82 bits per heavy atom. The highest BCUT2D eigenvalue weighted by Crippen LogP contribution is 2.21. The van der Waals surface area contributed by atoms with Crippen molar-refractivity contribution in [2.45, 2.75) is 26.2 Å². The lowest BCUT2D eigenvalue weighted by molar-refractivity contribution is 0.723. The lowest BCUT2D eigenvalue weighted by atomic mass is 10.1. The summed E-state index contributed by atoms with van der Waals surface area (Å²) in [4.78, 5) is 7.79. The van der Waals surface area contributed by atoms with Gasteiger partial charge in [-0.15, -0.1) is 0 Å². The van der Waals surface area contributed by atoms with Crippen molar-refractivity contribution >= 4 is 0 Å². The number of nitrogens with two attached hydrogens (primary N) is 1. The van der Waals surface area contributed by atoms with Gasteiger partial charge in [-0.25, -0.2) is 4.98 Å². The van der Waals surface area contributed by atoms with Crippen molar-refractivity contribution in [1.29, 1.82) is 0 Å². The number of unbranched alkanes of at least 4 members (excludes halogenated alkanes) is 1. The predicted molar refractivity (Wildman–Crippen MR) is 70.8 cm³/mol. The molecule has 0 saturated heterocycles. The number of rotatable bonds is 5. The Hall–Kier alpha value is -1.61. The third-order valence-corrected chi connectivity index (χ3v) is 2.93. The van der Waals surface area contributed by atoms with Crippen molar-refractivity contribution in [3.05, 3.63) is 41.9 Å². The Kier molecular flexibility index (Phi) is 3.94. The lowest BCUT2D eigenvalue weighted by Gasteiger charge is -2.01. The summed E-state index contributed by atoms with van der Waals surface area (Å²) in [5.74, 6) is 1.05. The van der Waals surface area contributed by atoms with Gasteiger partial charge >= 0.3 is 0 Å². The van der Waals surface area contributed by atoms with Crippen LogP contribution in [0, 0.1) is 6.92 Å². The van der Waals surface area contributed by atoms with Gasteiger partial charge in [-0.2, -0.15) is 0 Å². The average Bonchev–Trinajstić information content (AvgIpc) is 2.79. The number of nitrogens with one attached hydrogen (secondary N) is 1. The topological polar surface area (TPSA) is 54.7 Å². The molecule has 0 amide bonds. The van der Waals surface area contributed by atoms with Crippen LogP contribution in [0.1, 0.15) is 24.2 Å². The van der Waals surface area contributed by atoms with E-state index in [1.807, 2.05) is 6.20 Å². The van der Waals surface area contributed by atoms with Gasteiger partial charge in [-0.1, -0.05) is 24.3 Å². The molecule has 0 aliphatic carbocycles. The summed E-state index contributed by atoms with van der Waals surface area (Å²) in [5.41, 5.74) is 9.08. The molecule has 1 aromatic carbocycles. The van der Waals surface area contributed by atoms with Crippen LogP contribution in [0.2, 0.25) is 0 Å². The highest BCUT2D eigenvalue weighted by atomic mass is 14.9. The number of benzene rings is 1. The van der Waals surface area contributed by atoms with Crippen molar-refractivity contribution in [2.75, 3.05) is 6.54 Å². The molecule has 0 bridgehead atoms. The van der Waals surface area contributed by atoms with Crippen LogP contribution in [0.25, 0.3) is 11.3 Å². The first-order valence-corrected chi connectivity index (χ1v) is 6.11. The largest absolute Gasteiger partial charge is 0.342 e. The average molecular weight is 229 g/mol. The van der Waals surface area contributed by atoms with Gasteiger partial charge in [0.1, 0.15) is 5.82 Å². The smallest absolute Gasteiger partial charge is 0.106 e. The fraction of sp³-hybridized carbons (Fsp3) is 0.357. The first-order valence-electron chi connectivity index (χ1n) is 6.11. The third-order valence-electron chi connectivity index (χ3n) is 2.93. The van der Waals surface area contributed by atoms with E-state index in [0.29, 0.717) is 0 Å². The second-order valence-corrected chi connectivity index (χ2v) is 4.30. The van der Waals surface area contributed by atoms with Crippen molar-refractivity contribution in [1.82, 2.24) is 9.97 Å². The second-order valence-electron chi connectivity index (χ2n) is 4.30. The van der Waals surface area contributed by atoms with Crippen molar-refractivity contribution in [2.24, 2.45) is 5.73 Å². The van der Waals surface area contributed by atoms with E-state index < -0.39 is 0 Å². The molecular weight excluding hydrogens is 210 g/mol. The molecule has 0 atom stereocenters. The summed E-state index contributed by atoms with van der Waals surface area (Å²) in [5, 5.41) is 0. The number of imidazole rings is 1. The minimum Gasteiger partial charge on any atom is -0.342 e. The molecule has 1 aromatic heterocycles. The first kappa shape index (κ1) is 11.9. The Labute approximate surface area is 102 Å². The van der Waals surface area contributed by atoms with Crippen LogP contribution < -0.4 is 5.73 Å². The van der Waals surface area contributed by atoms with Crippen LogP contribution in [0.5, 0.6) is 0 Å². The molecule has 3 N–H and O–H groups in total. The number of H-pyrrole nitrogens is 1. The molecule has 0 aliphatic rings. The summed E-state index contributed by atoms with van der Waals surface area (Å²) in [6, 6.07) is 8.34. The monoisotopic (exact) mass is 229 g/mol. The molecule has 1 heterocycles. The molecule has 0 radical (unpaired) electrons. The van der Waals surface area contributed by atoms with Crippen LogP contribution in [-0.4, -0.2) is 16.5 Å². The minimum atomic E-state index is 0.755. The lowest BCUT2D eigenvalue weighted by Crippen LogP contribution is -1.99. The standard InChI is InChI=1S/C14H19N3/c1-11-6-2-3-7-12(11)13-10-16-14(17-13)8-4-5-9-15/h2-3,6-7,10H,4-5,8-9,15H2,1H3,(H,16,17). The van der Waals surface area contributed by atoms with Gasteiger partial charge in [-0.3, -0.25) is 0 Å². The van der Waals surface area contributed by atoms with Crippen molar-refractivity contribution in [3.63, 3.8) is 0 Å². The molecule has 2 aromatic rings. The Bertz CT molecular complexity index is 474. The summed E-state index contributed by atoms with van der Waals surface area (Å²) in [7, 11) is 0. The molecule has 3 nitrogen and oxygen atoms in total. The maximum atomic E-state index is 5.48. The van der Waals surface area contributed by atoms with E-state index in [1.54, 1.807) is 0 Å². The number of aromatic amines is 1. The summed E-state index contributed by atoms with van der Waals surface area (Å²) in [6.07, 6.45) is 5.04. The fourth-order valence-electron chi connectivity index (χ4n) is 1.94. The van der Waals surface area contributed by atoms with Crippen molar-refractivity contribution < 1.29 is 0 Å². The normalized spacial score (nSPS) is 10.7. The SMILES string of the molecule is Cc1ccccc1-c1cnc(CCCCN)[nH]1. The van der Waals surface area contributed by atoms with Crippen molar-refractivity contribution in [3.8, 4) is 11.3 Å². The molecule has 0 spiro atoms. The van der Waals surface area contributed by atoms with E-state index in [9.17, 15) is 0 Å². The van der Waals surface area contributed by atoms with Gasteiger partial charge in [0.05, 0.1) is 11.9 Å². The zero-order valence-corrected chi connectivity index (χ0v) is 10.2. The maximum absolute atomic E-state index is 5.48. The zero-order valence-electron chi connectivity index (χ0n) is 10.2. The van der Waals surface area contributed by atoms with Gasteiger partial charge in [0.2, 0.25) is 0 Å². The van der Waals surface area contributed by atoms with E-state index in [-0.39, 0.29) is 0 Å². The number of aromatic nitrogens is 2. The van der Waals surface area contributed by atoms with E-state index >= 15 is 0 Å². The highest BCUT2D eigenvalue weighted by molar-refractivity contribution is 5.62. The Morgan fingerprint density at radius 2 is 2.06 bits per heavy atom. The van der Waals surface area contributed by atoms with Gasteiger partial charge in [0.25, 0.3) is 0 Å². The van der Waals surface area contributed by atoms with Gasteiger partial charge in [-0.05, 0) is 31.9 Å². The van der Waals surface area contributed by atoms with Gasteiger partial charge in [0, 0.05) is 12.0 Å². The van der Waals surface area contributed by atoms with Crippen LogP contribution >= 0.6 is 0 Å². The van der Waals surface area contributed by atoms with E-state index in [0.717, 1.165) is 37.3 Å². The quantitative estimate of drug-likeness (QED) is 0.774. The highest BCUT2D eigenvalue weighted by Gasteiger charge is 2.04. The molecular formula is C14H19N3. The van der Waals surface area contributed by atoms with Crippen LogP contribution in [0.15, 0.2) is 30.5 Å². The minimum absolute atomic E-state index is 0.755. The van der Waals surface area contributed by atoms with E-state index in [2.05, 4.69) is 41.2 Å². The molecule has 0 unspecified atom stereocenters. The zero-order chi connectivity index (χ0) is 12.1. The van der Waals surface area contributed by atoms with Crippen LogP contribution in [-0.2, 0) is 6.42 Å². The summed E-state index contributed by atoms with van der Waals surface area (Å²) < 4.78 is 0. The molecule has 90 valence electrons. The van der Waals surface area contributed by atoms with Crippen LogP contribution in [0.4, 0.5) is 0 Å². The molecule has 2 rings (SSSR count). The fourth-order valence-corrected chi connectivity index (χ4v) is 1.94. The molecule has 0 fully saturated rings. The molecule has 3 heteroatoms. The van der Waals surface area contributed by atoms with Gasteiger partial charge in [0.15, 0.2) is 0 Å². The van der Waals surface area contributed by atoms with E-state index in [1.165, 1.54) is 11.1 Å². The number of hydrogen-bond acceptors (Lipinski definition) is 2. The second kappa shape index (κ2) is 5.64. The number of nitrogens with zero attached hydrogens (tertiary/aromatic N) is 1. The Morgan fingerprint density at radius 1 is 1.24 bits per heavy atom. The maximum Gasteiger partial charge on any atom is 0.106 e. The number of hydrogen-bond donors (Lipinski definition) is 2. The molecule has 0 saturated carbocycles.